The van der Waals surface area contributed by atoms with Crippen molar-refractivity contribution in [3.8, 4) is 0 Å². The van der Waals surface area contributed by atoms with Crippen molar-refractivity contribution < 1.29 is 19.1 Å². The van der Waals surface area contributed by atoms with Crippen molar-refractivity contribution in [2.24, 2.45) is 16.5 Å². The summed E-state index contributed by atoms with van der Waals surface area (Å²) in [5.41, 5.74) is 11.4. The number of nitrogens with one attached hydrogen (secondary N) is 1. The summed E-state index contributed by atoms with van der Waals surface area (Å²) in [6.45, 7) is 1.46. The van der Waals surface area contributed by atoms with Gasteiger partial charge in [-0.05, 0) is 24.8 Å². The van der Waals surface area contributed by atoms with Crippen LogP contribution in [0.1, 0.15) is 37.7 Å². The fraction of sp³-hybridized carbons (Fsp3) is 0.500. The van der Waals surface area contributed by atoms with Crippen LogP contribution in [0.4, 0.5) is 4.79 Å². The van der Waals surface area contributed by atoms with E-state index in [4.69, 9.17) is 20.9 Å². The predicted octanol–water partition coefficient (Wildman–Crippen LogP) is 1.68. The van der Waals surface area contributed by atoms with Crippen LogP contribution >= 0.6 is 0 Å². The molecule has 1 amide bonds. The van der Waals surface area contributed by atoms with Gasteiger partial charge in [0.25, 0.3) is 0 Å². The largest absolute Gasteiger partial charge is 0.466 e. The normalized spacial score (nSPS) is 10.0. The fourth-order valence-corrected chi connectivity index (χ4v) is 2.06. The summed E-state index contributed by atoms with van der Waals surface area (Å²) in [4.78, 5) is 26.9. The number of carbonyl (C=O) groups excluding carboxylic acids is 2. The number of benzene rings is 1. The Bertz CT molecular complexity index is 560. The van der Waals surface area contributed by atoms with E-state index in [0.717, 1.165) is 24.8 Å². The minimum atomic E-state index is -0.485. The minimum Gasteiger partial charge on any atom is -0.466 e. The van der Waals surface area contributed by atoms with Gasteiger partial charge in [-0.2, -0.15) is 0 Å². The summed E-state index contributed by atoms with van der Waals surface area (Å²) >= 11 is 0. The topological polar surface area (TPSA) is 129 Å². The highest BCUT2D eigenvalue weighted by Gasteiger charge is 2.04. The molecule has 1 aromatic carbocycles. The molecule has 144 valence electrons. The number of nitrogens with zero attached hydrogens (tertiary/aromatic N) is 1. The summed E-state index contributed by atoms with van der Waals surface area (Å²) in [6, 6.07) is 9.43. The van der Waals surface area contributed by atoms with Gasteiger partial charge in [0.05, 0.1) is 6.61 Å². The quantitative estimate of drug-likeness (QED) is 0.224. The van der Waals surface area contributed by atoms with Gasteiger partial charge in [-0.1, -0.05) is 36.8 Å². The Morgan fingerprint density at radius 2 is 1.77 bits per heavy atom. The number of nitrogens with two attached hydrogens (primary N) is 2. The summed E-state index contributed by atoms with van der Waals surface area (Å²) in [6.07, 6.45) is 2.86. The van der Waals surface area contributed by atoms with Crippen LogP contribution in [-0.4, -0.2) is 37.7 Å². The number of aliphatic imine (C=N–C) groups is 1. The van der Waals surface area contributed by atoms with Crippen LogP contribution in [0.2, 0.25) is 0 Å². The molecule has 0 heterocycles. The smallest absolute Gasteiger partial charge is 0.407 e. The van der Waals surface area contributed by atoms with Crippen LogP contribution in [-0.2, 0) is 20.9 Å². The number of ether oxygens (including phenoxy) is 2. The van der Waals surface area contributed by atoms with Gasteiger partial charge in [0, 0.05) is 19.5 Å². The molecule has 0 aliphatic carbocycles. The van der Waals surface area contributed by atoms with E-state index in [1.165, 1.54) is 0 Å². The first-order valence-corrected chi connectivity index (χ1v) is 8.73. The lowest BCUT2D eigenvalue weighted by atomic mass is 10.2. The van der Waals surface area contributed by atoms with Gasteiger partial charge in [-0.3, -0.25) is 9.79 Å². The fourth-order valence-electron chi connectivity index (χ4n) is 2.06. The molecule has 1 aromatic rings. The van der Waals surface area contributed by atoms with Gasteiger partial charge < -0.3 is 26.3 Å². The maximum Gasteiger partial charge on any atom is 0.407 e. The highest BCUT2D eigenvalue weighted by molar-refractivity contribution is 5.75. The van der Waals surface area contributed by atoms with Crippen LogP contribution in [0.25, 0.3) is 0 Å². The number of hydrogen-bond acceptors (Lipinski definition) is 5. The molecule has 0 radical (unpaired) electrons. The Hall–Kier alpha value is -2.77. The number of carbonyl (C=O) groups is 2. The summed E-state index contributed by atoms with van der Waals surface area (Å²) < 4.78 is 10.2. The molecule has 0 atom stereocenters. The van der Waals surface area contributed by atoms with Crippen molar-refractivity contribution in [1.29, 1.82) is 0 Å². The SMILES string of the molecule is NC(N)=NCCCCCC(=O)OCCCNC(=O)OCc1ccccc1. The summed E-state index contributed by atoms with van der Waals surface area (Å²) in [5, 5.41) is 2.62. The zero-order valence-electron chi connectivity index (χ0n) is 15.0. The monoisotopic (exact) mass is 364 g/mol. The van der Waals surface area contributed by atoms with Crippen molar-refractivity contribution >= 4 is 18.0 Å². The molecule has 8 nitrogen and oxygen atoms in total. The van der Waals surface area contributed by atoms with Gasteiger partial charge in [-0.25, -0.2) is 4.79 Å². The van der Waals surface area contributed by atoms with E-state index in [0.29, 0.717) is 25.9 Å². The van der Waals surface area contributed by atoms with E-state index in [2.05, 4.69) is 10.3 Å². The Labute approximate surface area is 153 Å². The number of hydrogen-bond donors (Lipinski definition) is 3. The third-order valence-electron chi connectivity index (χ3n) is 3.40. The molecule has 5 N–H and O–H groups in total. The van der Waals surface area contributed by atoms with Crippen LogP contribution in [0, 0.1) is 0 Å². The van der Waals surface area contributed by atoms with Crippen LogP contribution in [0.3, 0.4) is 0 Å². The van der Waals surface area contributed by atoms with E-state index < -0.39 is 6.09 Å². The van der Waals surface area contributed by atoms with Crippen molar-refractivity contribution in [2.75, 3.05) is 19.7 Å². The van der Waals surface area contributed by atoms with E-state index in [9.17, 15) is 9.59 Å². The molecule has 0 spiro atoms. The molecule has 0 fully saturated rings. The summed E-state index contributed by atoms with van der Waals surface area (Å²) in [7, 11) is 0. The third-order valence-corrected chi connectivity index (χ3v) is 3.40. The number of unbranched alkanes of at least 4 members (excludes halogenated alkanes) is 2. The van der Waals surface area contributed by atoms with Gasteiger partial charge in [-0.15, -0.1) is 0 Å². The minimum absolute atomic E-state index is 0.0852. The van der Waals surface area contributed by atoms with Gasteiger partial charge >= 0.3 is 12.1 Å². The molecule has 8 heteroatoms. The molecule has 0 saturated carbocycles. The second-order valence-electron chi connectivity index (χ2n) is 5.68. The zero-order valence-corrected chi connectivity index (χ0v) is 15.0. The number of guanidine groups is 1. The average molecular weight is 364 g/mol. The van der Waals surface area contributed by atoms with Crippen LogP contribution < -0.4 is 16.8 Å². The average Bonchev–Trinajstić information content (AvgIpc) is 2.63. The lowest BCUT2D eigenvalue weighted by Gasteiger charge is -2.08. The third kappa shape index (κ3) is 11.7. The number of alkyl carbamates (subject to hydrolysis) is 1. The standard InChI is InChI=1S/C18H28N4O4/c19-17(20)21-11-6-2-5-10-16(23)25-13-7-12-22-18(24)26-14-15-8-3-1-4-9-15/h1,3-4,8-9H,2,5-7,10-14H2,(H,22,24)(H4,19,20,21). The van der Waals surface area contributed by atoms with Crippen molar-refractivity contribution in [3.05, 3.63) is 35.9 Å². The molecule has 0 aromatic heterocycles. The van der Waals surface area contributed by atoms with E-state index in [1.54, 1.807) is 0 Å². The highest BCUT2D eigenvalue weighted by atomic mass is 16.5. The van der Waals surface area contributed by atoms with Crippen molar-refractivity contribution in [1.82, 2.24) is 5.32 Å². The molecule has 0 aliphatic rings. The first-order valence-electron chi connectivity index (χ1n) is 8.73. The molecular weight excluding hydrogens is 336 g/mol. The van der Waals surface area contributed by atoms with Gasteiger partial charge in [0.1, 0.15) is 6.61 Å². The zero-order chi connectivity index (χ0) is 19.0. The van der Waals surface area contributed by atoms with E-state index in [-0.39, 0.29) is 25.1 Å². The van der Waals surface area contributed by atoms with Crippen LogP contribution in [0.15, 0.2) is 35.3 Å². The number of esters is 1. The molecule has 0 bridgehead atoms. The number of rotatable bonds is 12. The maximum atomic E-state index is 11.5. The predicted molar refractivity (Wildman–Crippen MR) is 99.4 cm³/mol. The van der Waals surface area contributed by atoms with Crippen molar-refractivity contribution in [3.63, 3.8) is 0 Å². The Morgan fingerprint density at radius 1 is 1.00 bits per heavy atom. The molecule has 1 rings (SSSR count). The lowest BCUT2D eigenvalue weighted by Crippen LogP contribution is -2.26. The Kier molecular flexibility index (Phi) is 11.1. The lowest BCUT2D eigenvalue weighted by molar-refractivity contribution is -0.143. The Balaban J connectivity index is 1.93. The second-order valence-corrected chi connectivity index (χ2v) is 5.68. The van der Waals surface area contributed by atoms with E-state index in [1.807, 2.05) is 30.3 Å². The first kappa shape index (κ1) is 21.3. The van der Waals surface area contributed by atoms with Crippen molar-refractivity contribution in [2.45, 2.75) is 38.7 Å². The van der Waals surface area contributed by atoms with E-state index >= 15 is 0 Å². The Morgan fingerprint density at radius 3 is 2.50 bits per heavy atom. The van der Waals surface area contributed by atoms with Crippen LogP contribution in [0.5, 0.6) is 0 Å². The number of amides is 1. The molecule has 0 saturated heterocycles. The molecule has 26 heavy (non-hydrogen) atoms. The summed E-state index contributed by atoms with van der Waals surface area (Å²) in [5.74, 6) is -0.152. The van der Waals surface area contributed by atoms with Gasteiger partial charge in [0.2, 0.25) is 0 Å². The molecular formula is C18H28N4O4. The molecule has 0 unspecified atom stereocenters. The second kappa shape index (κ2) is 13.5. The maximum absolute atomic E-state index is 11.5. The first-order chi connectivity index (χ1) is 12.6. The molecule has 0 aliphatic heterocycles. The highest BCUT2D eigenvalue weighted by Crippen LogP contribution is 2.02. The van der Waals surface area contributed by atoms with Gasteiger partial charge in [0.15, 0.2) is 5.96 Å².